The van der Waals surface area contributed by atoms with E-state index >= 15 is 0 Å². The molecule has 0 heterocycles. The minimum atomic E-state index is -4.40. The van der Waals surface area contributed by atoms with E-state index in [1.165, 1.54) is 0 Å². The summed E-state index contributed by atoms with van der Waals surface area (Å²) < 4.78 is 40.7. The van der Waals surface area contributed by atoms with E-state index in [-0.39, 0.29) is 31.9 Å². The normalized spacial score (nSPS) is 11.2. The fourth-order valence-electron chi connectivity index (χ4n) is 1.70. The quantitative estimate of drug-likeness (QED) is 0.646. The van der Waals surface area contributed by atoms with Gasteiger partial charge in [0.1, 0.15) is 6.61 Å². The maximum atomic E-state index is 11.8. The molecule has 134 valence electrons. The fourth-order valence-corrected chi connectivity index (χ4v) is 2.06. The van der Waals surface area contributed by atoms with E-state index in [0.717, 1.165) is 10.0 Å². The van der Waals surface area contributed by atoms with Crippen molar-refractivity contribution in [2.45, 2.75) is 25.9 Å². The molecule has 0 aliphatic rings. The summed E-state index contributed by atoms with van der Waals surface area (Å²) in [7, 11) is 0. The number of benzene rings is 1. The number of carbonyl (C=O) groups excluding carboxylic acids is 2. The van der Waals surface area contributed by atoms with E-state index in [0.29, 0.717) is 5.69 Å². The lowest BCUT2D eigenvalue weighted by molar-refractivity contribution is -0.174. The van der Waals surface area contributed by atoms with Gasteiger partial charge in [-0.2, -0.15) is 13.2 Å². The molecule has 0 aromatic heterocycles. The van der Waals surface area contributed by atoms with Crippen molar-refractivity contribution in [3.05, 3.63) is 28.2 Å². The molecular formula is C15H18BrF3N2O3. The molecule has 1 aromatic rings. The minimum absolute atomic E-state index is 0.0566. The van der Waals surface area contributed by atoms with Crippen LogP contribution in [-0.2, 0) is 14.3 Å². The number of alkyl halides is 3. The highest BCUT2D eigenvalue weighted by Crippen LogP contribution is 2.20. The van der Waals surface area contributed by atoms with Crippen LogP contribution in [0.3, 0.4) is 0 Å². The second kappa shape index (κ2) is 9.63. The summed E-state index contributed by atoms with van der Waals surface area (Å²) in [6.45, 7) is 0.241. The van der Waals surface area contributed by atoms with Crippen LogP contribution in [0.25, 0.3) is 0 Å². The zero-order valence-corrected chi connectivity index (χ0v) is 14.6. The number of ether oxygens (including phenoxy) is 1. The number of halogens is 4. The largest absolute Gasteiger partial charge is 0.411 e. The molecule has 24 heavy (non-hydrogen) atoms. The average Bonchev–Trinajstić information content (AvgIpc) is 2.46. The van der Waals surface area contributed by atoms with Crippen molar-refractivity contribution in [3.8, 4) is 0 Å². The Labute approximate surface area is 146 Å². The Balaban J connectivity index is 2.21. The minimum Gasteiger partial charge on any atom is -0.372 e. The van der Waals surface area contributed by atoms with E-state index < -0.39 is 18.7 Å². The molecule has 9 heteroatoms. The van der Waals surface area contributed by atoms with E-state index in [1.54, 1.807) is 6.07 Å². The first-order valence-electron chi connectivity index (χ1n) is 7.14. The maximum absolute atomic E-state index is 11.8. The molecule has 2 N–H and O–H groups in total. The van der Waals surface area contributed by atoms with Crippen molar-refractivity contribution in [1.29, 1.82) is 0 Å². The van der Waals surface area contributed by atoms with Gasteiger partial charge in [0.05, 0.1) is 6.61 Å². The number of amides is 2. The van der Waals surface area contributed by atoms with E-state index in [9.17, 15) is 22.8 Å². The van der Waals surface area contributed by atoms with Crippen molar-refractivity contribution in [2.24, 2.45) is 0 Å². The average molecular weight is 411 g/mol. The first-order chi connectivity index (χ1) is 11.2. The standard InChI is InChI=1S/C15H18BrF3N2O3/c1-10-2-3-11(16)8-12(10)21-14(23)4-6-20-13(22)5-7-24-9-15(17,18)19/h2-3,8H,4-7,9H2,1H3,(H,20,22)(H,21,23). The van der Waals surface area contributed by atoms with Crippen LogP contribution in [0.15, 0.2) is 22.7 Å². The van der Waals surface area contributed by atoms with Crippen molar-refractivity contribution >= 4 is 33.4 Å². The lowest BCUT2D eigenvalue weighted by Gasteiger charge is -2.10. The lowest BCUT2D eigenvalue weighted by Crippen LogP contribution is -2.29. The molecule has 0 saturated heterocycles. The lowest BCUT2D eigenvalue weighted by atomic mass is 10.2. The summed E-state index contributed by atoms with van der Waals surface area (Å²) in [5.74, 6) is -0.742. The Morgan fingerprint density at radius 2 is 1.92 bits per heavy atom. The highest BCUT2D eigenvalue weighted by molar-refractivity contribution is 9.10. The van der Waals surface area contributed by atoms with Crippen LogP contribution < -0.4 is 10.6 Å². The molecule has 0 aliphatic heterocycles. The van der Waals surface area contributed by atoms with Crippen LogP contribution in [0.4, 0.5) is 18.9 Å². The maximum Gasteiger partial charge on any atom is 0.411 e. The van der Waals surface area contributed by atoms with Gasteiger partial charge in [0, 0.05) is 29.5 Å². The Morgan fingerprint density at radius 1 is 1.21 bits per heavy atom. The summed E-state index contributed by atoms with van der Waals surface area (Å²) in [6.07, 6.45) is -4.54. The van der Waals surface area contributed by atoms with Crippen LogP contribution in [0.2, 0.25) is 0 Å². The van der Waals surface area contributed by atoms with Crippen molar-refractivity contribution in [1.82, 2.24) is 5.32 Å². The third kappa shape index (κ3) is 8.88. The van der Waals surface area contributed by atoms with Gasteiger partial charge in [0.2, 0.25) is 11.8 Å². The van der Waals surface area contributed by atoms with Gasteiger partial charge in [-0.15, -0.1) is 0 Å². The molecule has 0 bridgehead atoms. The summed E-state index contributed by atoms with van der Waals surface area (Å²) in [4.78, 5) is 23.2. The zero-order chi connectivity index (χ0) is 18.2. The summed E-state index contributed by atoms with van der Waals surface area (Å²) in [5, 5.41) is 5.18. The molecular weight excluding hydrogens is 393 g/mol. The third-order valence-corrected chi connectivity index (χ3v) is 3.38. The van der Waals surface area contributed by atoms with Gasteiger partial charge < -0.3 is 15.4 Å². The van der Waals surface area contributed by atoms with Gasteiger partial charge in [-0.25, -0.2) is 0 Å². The van der Waals surface area contributed by atoms with Crippen LogP contribution in [0.1, 0.15) is 18.4 Å². The van der Waals surface area contributed by atoms with Gasteiger partial charge >= 0.3 is 6.18 Å². The van der Waals surface area contributed by atoms with E-state index in [2.05, 4.69) is 31.3 Å². The molecule has 1 aromatic carbocycles. The summed E-state index contributed by atoms with van der Waals surface area (Å²) in [6, 6.07) is 5.47. The van der Waals surface area contributed by atoms with Crippen LogP contribution in [-0.4, -0.2) is 37.7 Å². The first kappa shape index (κ1) is 20.4. The molecule has 0 unspecified atom stereocenters. The molecule has 0 saturated carbocycles. The predicted octanol–water partition coefficient (Wildman–Crippen LogP) is 3.17. The number of aryl methyl sites for hydroxylation is 1. The molecule has 1 rings (SSSR count). The Kier molecular flexibility index (Phi) is 8.20. The second-order valence-corrected chi connectivity index (χ2v) is 5.94. The molecule has 0 radical (unpaired) electrons. The van der Waals surface area contributed by atoms with Gasteiger partial charge in [0.15, 0.2) is 0 Å². The topological polar surface area (TPSA) is 67.4 Å². The number of hydrogen-bond donors (Lipinski definition) is 2. The fraction of sp³-hybridized carbons (Fsp3) is 0.467. The molecule has 2 amide bonds. The summed E-state index contributed by atoms with van der Waals surface area (Å²) in [5.41, 5.74) is 1.57. The molecule has 0 fully saturated rings. The molecule has 0 atom stereocenters. The van der Waals surface area contributed by atoms with Crippen LogP contribution in [0, 0.1) is 6.92 Å². The van der Waals surface area contributed by atoms with Crippen molar-refractivity contribution in [2.75, 3.05) is 25.1 Å². The monoisotopic (exact) mass is 410 g/mol. The number of rotatable bonds is 8. The van der Waals surface area contributed by atoms with Gasteiger partial charge in [-0.3, -0.25) is 9.59 Å². The Bertz CT molecular complexity index is 580. The van der Waals surface area contributed by atoms with Crippen molar-refractivity contribution < 1.29 is 27.5 Å². The van der Waals surface area contributed by atoms with Gasteiger partial charge in [-0.1, -0.05) is 22.0 Å². The number of hydrogen-bond acceptors (Lipinski definition) is 3. The second-order valence-electron chi connectivity index (χ2n) is 5.03. The number of carbonyl (C=O) groups is 2. The summed E-state index contributed by atoms with van der Waals surface area (Å²) >= 11 is 3.31. The first-order valence-corrected chi connectivity index (χ1v) is 7.94. The van der Waals surface area contributed by atoms with Gasteiger partial charge in [0.25, 0.3) is 0 Å². The van der Waals surface area contributed by atoms with Gasteiger partial charge in [-0.05, 0) is 24.6 Å². The Hall–Kier alpha value is -1.61. The molecule has 0 aliphatic carbocycles. The van der Waals surface area contributed by atoms with E-state index in [1.807, 2.05) is 19.1 Å². The predicted molar refractivity (Wildman–Crippen MR) is 86.6 cm³/mol. The number of nitrogens with one attached hydrogen (secondary N) is 2. The third-order valence-electron chi connectivity index (χ3n) is 2.89. The van der Waals surface area contributed by atoms with E-state index in [4.69, 9.17) is 0 Å². The molecule has 0 spiro atoms. The molecule has 5 nitrogen and oxygen atoms in total. The Morgan fingerprint density at radius 3 is 2.58 bits per heavy atom. The highest BCUT2D eigenvalue weighted by Gasteiger charge is 2.27. The number of anilines is 1. The highest BCUT2D eigenvalue weighted by atomic mass is 79.9. The van der Waals surface area contributed by atoms with Crippen molar-refractivity contribution in [3.63, 3.8) is 0 Å². The SMILES string of the molecule is Cc1ccc(Br)cc1NC(=O)CCNC(=O)CCOCC(F)(F)F. The van der Waals surface area contributed by atoms with Crippen LogP contribution >= 0.6 is 15.9 Å². The smallest absolute Gasteiger partial charge is 0.372 e. The zero-order valence-electron chi connectivity index (χ0n) is 13.0. The van der Waals surface area contributed by atoms with Crippen LogP contribution in [0.5, 0.6) is 0 Å².